The van der Waals surface area contributed by atoms with E-state index >= 15 is 0 Å². The first kappa shape index (κ1) is 21.5. The van der Waals surface area contributed by atoms with Crippen LogP contribution in [-0.2, 0) is 11.3 Å². The molecule has 1 fully saturated rings. The van der Waals surface area contributed by atoms with Gasteiger partial charge < -0.3 is 14.8 Å². The molecule has 1 N–H and O–H groups in total. The lowest BCUT2D eigenvalue weighted by atomic mass is 10.0. The minimum Gasteiger partial charge on any atom is -0.356 e. The van der Waals surface area contributed by atoms with Crippen LogP contribution in [0.3, 0.4) is 0 Å². The SMILES string of the molecule is Cc1cc2nc(C)c(=O)n(CCC(=O)NCCCN3CCCCC3C)c2cc1C. The molecule has 0 radical (unpaired) electrons. The largest absolute Gasteiger partial charge is 0.356 e. The summed E-state index contributed by atoms with van der Waals surface area (Å²) in [7, 11) is 0. The minimum atomic E-state index is -0.118. The number of carbonyl (C=O) groups is 1. The number of benzene rings is 1. The summed E-state index contributed by atoms with van der Waals surface area (Å²) in [6, 6.07) is 4.66. The van der Waals surface area contributed by atoms with Crippen LogP contribution < -0.4 is 10.9 Å². The van der Waals surface area contributed by atoms with Crippen molar-refractivity contribution in [3.63, 3.8) is 0 Å². The molecule has 1 aromatic heterocycles. The summed E-state index contributed by atoms with van der Waals surface area (Å²) in [4.78, 5) is 31.9. The first-order chi connectivity index (χ1) is 13.9. The molecule has 2 aromatic rings. The number of hydrogen-bond acceptors (Lipinski definition) is 4. The number of aromatic nitrogens is 2. The average Bonchev–Trinajstić information content (AvgIpc) is 2.69. The molecule has 1 amide bonds. The number of aryl methyl sites for hydroxylation is 4. The van der Waals surface area contributed by atoms with Crippen molar-refractivity contribution in [2.75, 3.05) is 19.6 Å². The zero-order valence-electron chi connectivity index (χ0n) is 18.3. The van der Waals surface area contributed by atoms with E-state index in [9.17, 15) is 9.59 Å². The fraction of sp³-hybridized carbons (Fsp3) is 0.609. The second-order valence-corrected chi connectivity index (χ2v) is 8.41. The minimum absolute atomic E-state index is 0.00459. The summed E-state index contributed by atoms with van der Waals surface area (Å²) in [5, 5.41) is 3.01. The Hall–Kier alpha value is -2.21. The van der Waals surface area contributed by atoms with Crippen LogP contribution in [0.5, 0.6) is 0 Å². The lowest BCUT2D eigenvalue weighted by Gasteiger charge is -2.33. The normalized spacial score (nSPS) is 17.6. The van der Waals surface area contributed by atoms with Gasteiger partial charge in [-0.2, -0.15) is 0 Å². The topological polar surface area (TPSA) is 67.2 Å². The molecule has 1 aliphatic heterocycles. The van der Waals surface area contributed by atoms with Gasteiger partial charge in [-0.3, -0.25) is 9.59 Å². The molecule has 2 heterocycles. The van der Waals surface area contributed by atoms with E-state index in [1.165, 1.54) is 25.8 Å². The summed E-state index contributed by atoms with van der Waals surface area (Å²) >= 11 is 0. The van der Waals surface area contributed by atoms with Crippen molar-refractivity contribution in [2.45, 2.75) is 72.4 Å². The highest BCUT2D eigenvalue weighted by molar-refractivity contribution is 5.78. The number of fused-ring (bicyclic) bond motifs is 1. The second-order valence-electron chi connectivity index (χ2n) is 8.41. The Bertz CT molecular complexity index is 935. The van der Waals surface area contributed by atoms with Gasteiger partial charge in [0, 0.05) is 32.1 Å². The Balaban J connectivity index is 1.56. The zero-order chi connectivity index (χ0) is 21.0. The van der Waals surface area contributed by atoms with Crippen LogP contribution >= 0.6 is 0 Å². The van der Waals surface area contributed by atoms with Crippen LogP contribution in [0.2, 0.25) is 0 Å². The fourth-order valence-electron chi connectivity index (χ4n) is 4.15. The van der Waals surface area contributed by atoms with Gasteiger partial charge in [0.25, 0.3) is 5.56 Å². The van der Waals surface area contributed by atoms with Gasteiger partial charge in [0.1, 0.15) is 5.69 Å². The first-order valence-corrected chi connectivity index (χ1v) is 10.9. The van der Waals surface area contributed by atoms with E-state index in [0.717, 1.165) is 35.1 Å². The molecule has 3 rings (SSSR count). The zero-order valence-corrected chi connectivity index (χ0v) is 18.3. The van der Waals surface area contributed by atoms with Crippen molar-refractivity contribution >= 4 is 16.9 Å². The van der Waals surface area contributed by atoms with Crippen LogP contribution in [0.15, 0.2) is 16.9 Å². The Labute approximate surface area is 173 Å². The summed E-state index contributed by atoms with van der Waals surface area (Å²) in [6.45, 7) is 11.4. The maximum Gasteiger partial charge on any atom is 0.272 e. The van der Waals surface area contributed by atoms with Crippen molar-refractivity contribution in [3.8, 4) is 0 Å². The van der Waals surface area contributed by atoms with Crippen LogP contribution in [0.25, 0.3) is 11.0 Å². The third kappa shape index (κ3) is 5.24. The number of hydrogen-bond donors (Lipinski definition) is 1. The highest BCUT2D eigenvalue weighted by atomic mass is 16.1. The molecule has 0 aliphatic carbocycles. The number of carbonyl (C=O) groups excluding carboxylic acids is 1. The Morgan fingerprint density at radius 2 is 1.93 bits per heavy atom. The van der Waals surface area contributed by atoms with Crippen LogP contribution in [-0.4, -0.2) is 46.0 Å². The predicted octanol–water partition coefficient (Wildman–Crippen LogP) is 3.09. The van der Waals surface area contributed by atoms with Gasteiger partial charge in [-0.05, 0) is 76.8 Å². The second kappa shape index (κ2) is 9.53. The molecule has 29 heavy (non-hydrogen) atoms. The number of piperidine rings is 1. The van der Waals surface area contributed by atoms with Crippen LogP contribution in [0, 0.1) is 20.8 Å². The highest BCUT2D eigenvalue weighted by Gasteiger charge is 2.17. The molecule has 0 saturated carbocycles. The van der Waals surface area contributed by atoms with Crippen LogP contribution in [0.1, 0.15) is 55.8 Å². The van der Waals surface area contributed by atoms with E-state index in [4.69, 9.17) is 0 Å². The number of nitrogens with one attached hydrogen (secondary N) is 1. The third-order valence-corrected chi connectivity index (χ3v) is 6.17. The Morgan fingerprint density at radius 3 is 2.69 bits per heavy atom. The fourth-order valence-corrected chi connectivity index (χ4v) is 4.15. The molecule has 158 valence electrons. The molecule has 1 unspecified atom stereocenters. The third-order valence-electron chi connectivity index (χ3n) is 6.17. The van der Waals surface area contributed by atoms with Crippen molar-refractivity contribution in [2.24, 2.45) is 0 Å². The van der Waals surface area contributed by atoms with Crippen molar-refractivity contribution in [1.82, 2.24) is 19.8 Å². The summed E-state index contributed by atoms with van der Waals surface area (Å²) < 4.78 is 1.69. The Kier molecular flexibility index (Phi) is 7.06. The van der Waals surface area contributed by atoms with Crippen molar-refractivity contribution < 1.29 is 4.79 Å². The number of nitrogens with zero attached hydrogens (tertiary/aromatic N) is 3. The van der Waals surface area contributed by atoms with Gasteiger partial charge >= 0.3 is 0 Å². The van der Waals surface area contributed by atoms with E-state index < -0.39 is 0 Å². The van der Waals surface area contributed by atoms with E-state index in [0.29, 0.717) is 31.2 Å². The molecule has 1 aliphatic rings. The molecule has 6 heteroatoms. The summed E-state index contributed by atoms with van der Waals surface area (Å²) in [6.07, 6.45) is 5.15. The molecule has 1 saturated heterocycles. The standard InChI is InChI=1S/C23H34N4O2/c1-16-14-20-21(15-17(16)2)27(23(29)19(4)25-20)13-9-22(28)24-10-7-12-26-11-6-5-8-18(26)3/h14-15,18H,5-13H2,1-4H3,(H,24,28). The lowest BCUT2D eigenvalue weighted by molar-refractivity contribution is -0.121. The van der Waals surface area contributed by atoms with E-state index in [1.54, 1.807) is 11.5 Å². The number of rotatable bonds is 7. The van der Waals surface area contributed by atoms with E-state index in [1.807, 2.05) is 26.0 Å². The van der Waals surface area contributed by atoms with Gasteiger partial charge in [-0.15, -0.1) is 0 Å². The van der Waals surface area contributed by atoms with Gasteiger partial charge in [0.05, 0.1) is 11.0 Å². The molecular weight excluding hydrogens is 364 g/mol. The van der Waals surface area contributed by atoms with E-state index in [-0.39, 0.29) is 11.5 Å². The molecule has 6 nitrogen and oxygen atoms in total. The number of amides is 1. The molecule has 0 bridgehead atoms. The van der Waals surface area contributed by atoms with E-state index in [2.05, 4.69) is 22.1 Å². The average molecular weight is 399 g/mol. The monoisotopic (exact) mass is 398 g/mol. The van der Waals surface area contributed by atoms with Gasteiger partial charge in [0.2, 0.25) is 5.91 Å². The van der Waals surface area contributed by atoms with Crippen molar-refractivity contribution in [1.29, 1.82) is 0 Å². The van der Waals surface area contributed by atoms with Gasteiger partial charge in [0.15, 0.2) is 0 Å². The molecule has 1 atom stereocenters. The predicted molar refractivity (Wildman–Crippen MR) is 117 cm³/mol. The molecular formula is C23H34N4O2. The maximum absolute atomic E-state index is 12.6. The van der Waals surface area contributed by atoms with Crippen molar-refractivity contribution in [3.05, 3.63) is 39.3 Å². The summed E-state index contributed by atoms with van der Waals surface area (Å²) in [5.74, 6) is -0.00459. The van der Waals surface area contributed by atoms with Gasteiger partial charge in [-0.25, -0.2) is 4.98 Å². The smallest absolute Gasteiger partial charge is 0.272 e. The van der Waals surface area contributed by atoms with Crippen LogP contribution in [0.4, 0.5) is 0 Å². The maximum atomic E-state index is 12.6. The highest BCUT2D eigenvalue weighted by Crippen LogP contribution is 2.18. The molecule has 1 aromatic carbocycles. The summed E-state index contributed by atoms with van der Waals surface area (Å²) in [5.41, 5.74) is 4.23. The lowest BCUT2D eigenvalue weighted by Crippen LogP contribution is -2.39. The quantitative estimate of drug-likeness (QED) is 0.728. The first-order valence-electron chi connectivity index (χ1n) is 10.9. The number of likely N-dealkylation sites (tertiary alicyclic amines) is 1. The Morgan fingerprint density at radius 1 is 1.17 bits per heavy atom. The molecule has 0 spiro atoms. The van der Waals surface area contributed by atoms with Gasteiger partial charge in [-0.1, -0.05) is 6.42 Å².